The Morgan fingerprint density at radius 3 is 3.00 bits per heavy atom. The van der Waals surface area contributed by atoms with Crippen LogP contribution >= 0.6 is 0 Å². The molecule has 2 rings (SSSR count). The second-order valence-corrected chi connectivity index (χ2v) is 3.80. The lowest BCUT2D eigenvalue weighted by Crippen LogP contribution is -2.29. The van der Waals surface area contributed by atoms with E-state index in [9.17, 15) is 4.79 Å². The lowest BCUT2D eigenvalue weighted by molar-refractivity contribution is 0.0971. The number of fused-ring (bicyclic) bond motifs is 1. The van der Waals surface area contributed by atoms with Crippen molar-refractivity contribution in [1.29, 1.82) is 0 Å². The van der Waals surface area contributed by atoms with Crippen LogP contribution in [0.5, 0.6) is 0 Å². The number of Topliss-reactive ketones (excluding diaryl/α,β-unsaturated/α-hetero) is 1. The molecule has 14 heavy (non-hydrogen) atoms. The molecule has 2 heteroatoms. The van der Waals surface area contributed by atoms with Crippen molar-refractivity contribution >= 4 is 11.5 Å². The first-order chi connectivity index (χ1) is 6.81. The molecule has 2 nitrogen and oxygen atoms in total. The number of carbonyl (C=O) groups is 1. The standard InChI is InChI=1S/C12H15NO/c1-2-5-9-8-12(14)10-6-3-4-7-11(10)13-9/h3-4,6-7,9,13H,2,5,8H2,1H3. The maximum atomic E-state index is 11.7. The maximum Gasteiger partial charge on any atom is 0.166 e. The SMILES string of the molecule is CCCC1CC(=O)c2ccccc2N1. The average molecular weight is 189 g/mol. The van der Waals surface area contributed by atoms with Crippen molar-refractivity contribution in [1.82, 2.24) is 0 Å². The normalized spacial score (nSPS) is 20.1. The summed E-state index contributed by atoms with van der Waals surface area (Å²) in [5, 5.41) is 3.41. The highest BCUT2D eigenvalue weighted by atomic mass is 16.1. The van der Waals surface area contributed by atoms with Gasteiger partial charge < -0.3 is 5.32 Å². The molecular formula is C12H15NO. The molecule has 74 valence electrons. The van der Waals surface area contributed by atoms with E-state index in [0.29, 0.717) is 12.5 Å². The van der Waals surface area contributed by atoms with Crippen molar-refractivity contribution in [3.05, 3.63) is 29.8 Å². The molecule has 0 saturated carbocycles. The first-order valence-electron chi connectivity index (χ1n) is 5.20. The highest BCUT2D eigenvalue weighted by Crippen LogP contribution is 2.25. The number of nitrogens with one attached hydrogen (secondary N) is 1. The minimum atomic E-state index is 0.276. The van der Waals surface area contributed by atoms with Crippen LogP contribution in [0.3, 0.4) is 0 Å². The Morgan fingerprint density at radius 1 is 1.43 bits per heavy atom. The number of carbonyl (C=O) groups excluding carboxylic acids is 1. The predicted octanol–water partition coefficient (Wildman–Crippen LogP) is 2.85. The molecule has 0 aliphatic carbocycles. The highest BCUT2D eigenvalue weighted by Gasteiger charge is 2.22. The van der Waals surface area contributed by atoms with Crippen molar-refractivity contribution in [3.63, 3.8) is 0 Å². The maximum absolute atomic E-state index is 11.7. The summed E-state index contributed by atoms with van der Waals surface area (Å²) in [5.41, 5.74) is 1.85. The molecule has 0 spiro atoms. The Labute approximate surface area is 84.3 Å². The van der Waals surface area contributed by atoms with Crippen LogP contribution in [0.1, 0.15) is 36.5 Å². The van der Waals surface area contributed by atoms with Gasteiger partial charge in [0.1, 0.15) is 0 Å². The Hall–Kier alpha value is -1.31. The number of ketones is 1. The fraction of sp³-hybridized carbons (Fsp3) is 0.417. The van der Waals surface area contributed by atoms with Gasteiger partial charge in [-0.05, 0) is 18.6 Å². The van der Waals surface area contributed by atoms with Gasteiger partial charge in [0.25, 0.3) is 0 Å². The van der Waals surface area contributed by atoms with E-state index in [0.717, 1.165) is 24.1 Å². The van der Waals surface area contributed by atoms with Crippen LogP contribution in [-0.2, 0) is 0 Å². The van der Waals surface area contributed by atoms with Gasteiger partial charge in [0.2, 0.25) is 0 Å². The summed E-state index contributed by atoms with van der Waals surface area (Å²) in [6.45, 7) is 2.15. The molecule has 1 N–H and O–H groups in total. The number of benzene rings is 1. The number of para-hydroxylation sites is 1. The van der Waals surface area contributed by atoms with Gasteiger partial charge in [-0.2, -0.15) is 0 Å². The van der Waals surface area contributed by atoms with Crippen LogP contribution in [0.2, 0.25) is 0 Å². The van der Waals surface area contributed by atoms with Crippen LogP contribution < -0.4 is 5.32 Å². The van der Waals surface area contributed by atoms with Crippen molar-refractivity contribution < 1.29 is 4.79 Å². The molecule has 1 heterocycles. The Bertz CT molecular complexity index is 346. The second-order valence-electron chi connectivity index (χ2n) is 3.80. The lowest BCUT2D eigenvalue weighted by Gasteiger charge is -2.25. The van der Waals surface area contributed by atoms with Gasteiger partial charge in [0.05, 0.1) is 0 Å². The summed E-state index contributed by atoms with van der Waals surface area (Å²) >= 11 is 0. The molecule has 0 amide bonds. The van der Waals surface area contributed by atoms with Crippen molar-refractivity contribution in [2.24, 2.45) is 0 Å². The highest BCUT2D eigenvalue weighted by molar-refractivity contribution is 6.03. The lowest BCUT2D eigenvalue weighted by atomic mass is 9.94. The summed E-state index contributed by atoms with van der Waals surface area (Å²) < 4.78 is 0. The molecule has 1 aliphatic heterocycles. The minimum Gasteiger partial charge on any atom is -0.381 e. The summed E-state index contributed by atoms with van der Waals surface area (Å²) in [4.78, 5) is 11.7. The summed E-state index contributed by atoms with van der Waals surface area (Å²) in [5.74, 6) is 0.276. The van der Waals surface area contributed by atoms with Crippen LogP contribution in [0.4, 0.5) is 5.69 Å². The van der Waals surface area contributed by atoms with Crippen LogP contribution in [0, 0.1) is 0 Å². The van der Waals surface area contributed by atoms with E-state index >= 15 is 0 Å². The summed E-state index contributed by atoms with van der Waals surface area (Å²) in [7, 11) is 0. The smallest absolute Gasteiger partial charge is 0.166 e. The fourth-order valence-corrected chi connectivity index (χ4v) is 1.98. The van der Waals surface area contributed by atoms with Gasteiger partial charge in [0.15, 0.2) is 5.78 Å². The van der Waals surface area contributed by atoms with Gasteiger partial charge in [-0.3, -0.25) is 4.79 Å². The molecule has 1 atom stereocenters. The molecule has 0 saturated heterocycles. The molecule has 1 aromatic rings. The molecular weight excluding hydrogens is 174 g/mol. The monoisotopic (exact) mass is 189 g/mol. The van der Waals surface area contributed by atoms with Gasteiger partial charge >= 0.3 is 0 Å². The third kappa shape index (κ3) is 1.65. The second kappa shape index (κ2) is 3.82. The average Bonchev–Trinajstić information content (AvgIpc) is 2.18. The van der Waals surface area contributed by atoms with Crippen molar-refractivity contribution in [3.8, 4) is 0 Å². The molecule has 1 aliphatic rings. The van der Waals surface area contributed by atoms with Gasteiger partial charge in [0, 0.05) is 23.7 Å². The third-order valence-electron chi connectivity index (χ3n) is 2.66. The number of anilines is 1. The zero-order valence-corrected chi connectivity index (χ0v) is 8.42. The van der Waals surface area contributed by atoms with E-state index in [1.165, 1.54) is 0 Å². The zero-order valence-electron chi connectivity index (χ0n) is 8.42. The molecule has 0 bridgehead atoms. The Balaban J connectivity index is 2.24. The third-order valence-corrected chi connectivity index (χ3v) is 2.66. The Kier molecular flexibility index (Phi) is 2.53. The first-order valence-corrected chi connectivity index (χ1v) is 5.20. The van der Waals surface area contributed by atoms with Crippen LogP contribution in [-0.4, -0.2) is 11.8 Å². The Morgan fingerprint density at radius 2 is 2.21 bits per heavy atom. The largest absolute Gasteiger partial charge is 0.381 e. The number of hydrogen-bond acceptors (Lipinski definition) is 2. The molecule has 1 unspecified atom stereocenters. The molecule has 0 fully saturated rings. The van der Waals surface area contributed by atoms with E-state index < -0.39 is 0 Å². The van der Waals surface area contributed by atoms with E-state index in [4.69, 9.17) is 0 Å². The minimum absolute atomic E-state index is 0.276. The molecule has 1 aromatic carbocycles. The summed E-state index contributed by atoms with van der Waals surface area (Å²) in [6.07, 6.45) is 2.83. The van der Waals surface area contributed by atoms with E-state index in [1.807, 2.05) is 24.3 Å². The quantitative estimate of drug-likeness (QED) is 0.775. The number of rotatable bonds is 2. The number of hydrogen-bond donors (Lipinski definition) is 1. The van der Waals surface area contributed by atoms with E-state index in [1.54, 1.807) is 0 Å². The van der Waals surface area contributed by atoms with Crippen molar-refractivity contribution in [2.45, 2.75) is 32.2 Å². The first kappa shape index (κ1) is 9.25. The fourth-order valence-electron chi connectivity index (χ4n) is 1.98. The van der Waals surface area contributed by atoms with E-state index in [-0.39, 0.29) is 5.78 Å². The van der Waals surface area contributed by atoms with Crippen LogP contribution in [0.25, 0.3) is 0 Å². The van der Waals surface area contributed by atoms with Crippen molar-refractivity contribution in [2.75, 3.05) is 5.32 Å². The summed E-state index contributed by atoms with van der Waals surface area (Å²) in [6, 6.07) is 8.09. The predicted molar refractivity (Wildman–Crippen MR) is 57.7 cm³/mol. The van der Waals surface area contributed by atoms with Gasteiger partial charge in [-0.15, -0.1) is 0 Å². The molecule has 0 aromatic heterocycles. The zero-order chi connectivity index (χ0) is 9.97. The molecule has 0 radical (unpaired) electrons. The van der Waals surface area contributed by atoms with Gasteiger partial charge in [-0.25, -0.2) is 0 Å². The van der Waals surface area contributed by atoms with E-state index in [2.05, 4.69) is 12.2 Å². The van der Waals surface area contributed by atoms with Crippen LogP contribution in [0.15, 0.2) is 24.3 Å². The van der Waals surface area contributed by atoms with Gasteiger partial charge in [-0.1, -0.05) is 25.5 Å². The topological polar surface area (TPSA) is 29.1 Å².